The summed E-state index contributed by atoms with van der Waals surface area (Å²) in [7, 11) is -3.04. The van der Waals surface area contributed by atoms with E-state index >= 15 is 0 Å². The first-order chi connectivity index (χ1) is 23.4. The van der Waals surface area contributed by atoms with Crippen molar-refractivity contribution < 1.29 is 27.9 Å². The number of anilines is 1. The van der Waals surface area contributed by atoms with Crippen molar-refractivity contribution in [1.29, 1.82) is 0 Å². The lowest BCUT2D eigenvalue weighted by Gasteiger charge is -2.32. The number of hydrogen-bond donors (Lipinski definition) is 2. The molecule has 9 nitrogen and oxygen atoms in total. The number of benzene rings is 3. The van der Waals surface area contributed by atoms with Gasteiger partial charge >= 0.3 is 5.97 Å². The van der Waals surface area contributed by atoms with Crippen molar-refractivity contribution in [2.45, 2.75) is 83.0 Å². The molecule has 1 aliphatic heterocycles. The Labute approximate surface area is 294 Å². The van der Waals surface area contributed by atoms with Crippen LogP contribution in [0.3, 0.4) is 0 Å². The van der Waals surface area contributed by atoms with Gasteiger partial charge in [0.25, 0.3) is 5.91 Å². The van der Waals surface area contributed by atoms with Crippen molar-refractivity contribution >= 4 is 50.5 Å². The van der Waals surface area contributed by atoms with Gasteiger partial charge in [-0.05, 0) is 54.5 Å². The largest absolute Gasteiger partial charge is 0.480 e. The van der Waals surface area contributed by atoms with Gasteiger partial charge < -0.3 is 15.3 Å². The zero-order valence-corrected chi connectivity index (χ0v) is 29.7. The number of carbonyl (C=O) groups is 3. The topological polar surface area (TPSA) is 124 Å². The molecule has 260 valence electrons. The molecule has 49 heavy (non-hydrogen) atoms. The predicted octanol–water partition coefficient (Wildman–Crippen LogP) is 5.88. The molecule has 2 fully saturated rings. The molecule has 0 spiro atoms. The van der Waals surface area contributed by atoms with Crippen molar-refractivity contribution in [3.8, 4) is 0 Å². The quantitative estimate of drug-likeness (QED) is 0.158. The molecule has 5 rings (SSSR count). The molecule has 3 unspecified atom stereocenters. The molecule has 0 bridgehead atoms. The van der Waals surface area contributed by atoms with E-state index in [4.69, 9.17) is 12.2 Å². The Hall–Kier alpha value is -4.09. The average molecular weight is 704 g/mol. The van der Waals surface area contributed by atoms with E-state index in [1.54, 1.807) is 9.80 Å². The summed E-state index contributed by atoms with van der Waals surface area (Å²) in [6, 6.07) is 24.8. The number of carboxylic acids is 1. The Morgan fingerprint density at radius 1 is 0.939 bits per heavy atom. The van der Waals surface area contributed by atoms with Crippen LogP contribution in [-0.4, -0.2) is 65.3 Å². The summed E-state index contributed by atoms with van der Waals surface area (Å²) in [5, 5.41) is 13.4. The Kier molecular flexibility index (Phi) is 11.5. The molecule has 0 radical (unpaired) electrons. The second kappa shape index (κ2) is 15.6. The van der Waals surface area contributed by atoms with Crippen LogP contribution in [0.4, 0.5) is 5.69 Å². The van der Waals surface area contributed by atoms with E-state index < -0.39 is 34.1 Å². The fourth-order valence-corrected chi connectivity index (χ4v) is 8.50. The summed E-state index contributed by atoms with van der Waals surface area (Å²) < 4.78 is 23.2. The third-order valence-corrected chi connectivity index (χ3v) is 11.4. The monoisotopic (exact) mass is 703 g/mol. The fourth-order valence-electron chi connectivity index (χ4n) is 7.32. The lowest BCUT2D eigenvalue weighted by molar-refractivity contribution is -0.139. The summed E-state index contributed by atoms with van der Waals surface area (Å²) in [5.74, 6) is -1.28. The Bertz CT molecular complexity index is 1740. The van der Waals surface area contributed by atoms with Crippen LogP contribution in [0.25, 0.3) is 0 Å². The van der Waals surface area contributed by atoms with E-state index in [-0.39, 0.29) is 29.4 Å². The third kappa shape index (κ3) is 8.75. The number of rotatable bonds is 14. The fraction of sp³-hybridized carbons (Fsp3) is 0.421. The normalized spacial score (nSPS) is 19.5. The van der Waals surface area contributed by atoms with Gasteiger partial charge in [0.2, 0.25) is 5.91 Å². The van der Waals surface area contributed by atoms with Crippen LogP contribution in [-0.2, 0) is 37.1 Å². The van der Waals surface area contributed by atoms with Gasteiger partial charge in [0.05, 0.1) is 4.99 Å². The zero-order valence-electron chi connectivity index (χ0n) is 28.1. The number of nitrogens with zero attached hydrogens (tertiary/aromatic N) is 2. The van der Waals surface area contributed by atoms with Crippen LogP contribution in [0.1, 0.15) is 74.7 Å². The van der Waals surface area contributed by atoms with Gasteiger partial charge in [-0.25, -0.2) is 13.2 Å². The van der Waals surface area contributed by atoms with Crippen LogP contribution >= 0.6 is 12.2 Å². The van der Waals surface area contributed by atoms with Crippen molar-refractivity contribution in [3.05, 3.63) is 102 Å². The molecule has 3 aromatic carbocycles. The van der Waals surface area contributed by atoms with Crippen LogP contribution in [0.5, 0.6) is 0 Å². The Morgan fingerprint density at radius 3 is 2.12 bits per heavy atom. The Morgan fingerprint density at radius 2 is 1.55 bits per heavy atom. The lowest BCUT2D eigenvalue weighted by atomic mass is 9.80. The van der Waals surface area contributed by atoms with Gasteiger partial charge in [-0.15, -0.1) is 0 Å². The smallest absolute Gasteiger partial charge is 0.326 e. The number of unbranched alkanes of at least 4 members (excludes halogenated alkanes) is 1. The molecular weight excluding hydrogens is 659 g/mol. The summed E-state index contributed by atoms with van der Waals surface area (Å²) in [6.45, 7) is 1.49. The molecular formula is C38H45N3O6S2. The van der Waals surface area contributed by atoms with E-state index in [1.165, 1.54) is 13.2 Å². The number of amides is 2. The van der Waals surface area contributed by atoms with Crippen LogP contribution in [0, 0.1) is 5.41 Å². The maximum atomic E-state index is 14.2. The van der Waals surface area contributed by atoms with Crippen LogP contribution < -0.4 is 10.2 Å². The van der Waals surface area contributed by atoms with Crippen molar-refractivity contribution in [2.75, 3.05) is 16.9 Å². The standard InChI is InChI=1S/C38H45N3O6S2/c1-27(42)40-33(26-28-13-5-3-6-14-28)35(43)41(34(40)30-15-7-4-8-16-30)31-19-17-29(18-20-31)25-32(36(44)45)39-37(48)38(21-9-10-22-38)23-11-12-24-49(2,46)47/h3-8,13-20,32-34H,9-12,21-26H2,1-2H3,(H,39,48)(H,44,45). The van der Waals surface area contributed by atoms with Crippen LogP contribution in [0.2, 0.25) is 0 Å². The first kappa shape index (κ1) is 36.2. The van der Waals surface area contributed by atoms with Gasteiger partial charge in [0.15, 0.2) is 0 Å². The number of thiocarbonyl (C=S) groups is 1. The minimum Gasteiger partial charge on any atom is -0.480 e. The van der Waals surface area contributed by atoms with Crippen molar-refractivity contribution in [3.63, 3.8) is 0 Å². The second-order valence-corrected chi connectivity index (χ2v) is 16.1. The third-order valence-electron chi connectivity index (χ3n) is 9.82. The Balaban J connectivity index is 1.35. The first-order valence-electron chi connectivity index (χ1n) is 16.9. The maximum absolute atomic E-state index is 14.2. The molecule has 1 saturated carbocycles. The molecule has 11 heteroatoms. The van der Waals surface area contributed by atoms with Gasteiger partial charge in [-0.3, -0.25) is 14.5 Å². The lowest BCUT2D eigenvalue weighted by Crippen LogP contribution is -2.47. The van der Waals surface area contributed by atoms with Gasteiger partial charge in [-0.1, -0.05) is 104 Å². The number of hydrogen-bond acceptors (Lipinski definition) is 6. The molecule has 3 atom stereocenters. The van der Waals surface area contributed by atoms with E-state index in [2.05, 4.69) is 5.32 Å². The number of carboxylic acid groups (broad SMARTS) is 1. The number of aliphatic carboxylic acids is 1. The average Bonchev–Trinajstić information content (AvgIpc) is 3.67. The van der Waals surface area contributed by atoms with E-state index in [0.717, 1.165) is 48.8 Å². The van der Waals surface area contributed by atoms with Gasteiger partial charge in [-0.2, -0.15) is 0 Å². The molecule has 1 heterocycles. The number of carbonyl (C=O) groups excluding carboxylic acids is 2. The highest BCUT2D eigenvalue weighted by molar-refractivity contribution is 7.90. The predicted molar refractivity (Wildman–Crippen MR) is 195 cm³/mol. The second-order valence-electron chi connectivity index (χ2n) is 13.4. The molecule has 1 aliphatic carbocycles. The molecule has 2 N–H and O–H groups in total. The minimum absolute atomic E-state index is 0.132. The van der Waals surface area contributed by atoms with Gasteiger partial charge in [0, 0.05) is 42.9 Å². The highest BCUT2D eigenvalue weighted by Crippen LogP contribution is 2.44. The maximum Gasteiger partial charge on any atom is 0.326 e. The summed E-state index contributed by atoms with van der Waals surface area (Å²) >= 11 is 5.85. The van der Waals surface area contributed by atoms with E-state index in [0.29, 0.717) is 29.9 Å². The van der Waals surface area contributed by atoms with E-state index in [1.807, 2.05) is 84.9 Å². The zero-order chi connectivity index (χ0) is 35.2. The number of sulfone groups is 1. The summed E-state index contributed by atoms with van der Waals surface area (Å²) in [5.41, 5.74) is 2.80. The highest BCUT2D eigenvalue weighted by Gasteiger charge is 2.48. The minimum atomic E-state index is -3.04. The molecule has 1 saturated heterocycles. The SMILES string of the molecule is CC(=O)N1C(Cc2ccccc2)C(=O)N(c2ccc(CC(NC(=S)C3(CCCCS(C)(=O)=O)CCCC3)C(=O)O)cc2)C1c1ccccc1. The highest BCUT2D eigenvalue weighted by atomic mass is 32.2. The van der Waals surface area contributed by atoms with E-state index in [9.17, 15) is 27.9 Å². The van der Waals surface area contributed by atoms with Gasteiger partial charge in [0.1, 0.15) is 28.1 Å². The van der Waals surface area contributed by atoms with Crippen molar-refractivity contribution in [1.82, 2.24) is 10.2 Å². The van der Waals surface area contributed by atoms with Crippen molar-refractivity contribution in [2.24, 2.45) is 5.41 Å². The number of nitrogens with one attached hydrogen (secondary N) is 1. The molecule has 2 amide bonds. The first-order valence-corrected chi connectivity index (χ1v) is 19.4. The summed E-state index contributed by atoms with van der Waals surface area (Å²) in [4.78, 5) is 43.7. The molecule has 3 aromatic rings. The van der Waals surface area contributed by atoms with Crippen LogP contribution in [0.15, 0.2) is 84.9 Å². The summed E-state index contributed by atoms with van der Waals surface area (Å²) in [6.07, 6.45) is 6.85. The molecule has 0 aromatic heterocycles. The molecule has 2 aliphatic rings.